The van der Waals surface area contributed by atoms with E-state index >= 15 is 0 Å². The van der Waals surface area contributed by atoms with Crippen LogP contribution in [0.5, 0.6) is 0 Å². The fourth-order valence-electron chi connectivity index (χ4n) is 3.08. The molecule has 0 saturated heterocycles. The van der Waals surface area contributed by atoms with Crippen LogP contribution in [0.4, 0.5) is 0 Å². The first-order valence-corrected chi connectivity index (χ1v) is 6.80. The van der Waals surface area contributed by atoms with Gasteiger partial charge in [-0.2, -0.15) is 0 Å². The molecule has 1 saturated carbocycles. The van der Waals surface area contributed by atoms with E-state index in [1.54, 1.807) is 0 Å². The van der Waals surface area contributed by atoms with E-state index in [1.807, 2.05) is 29.8 Å². The number of carboxylic acid groups (broad SMARTS) is 1. The summed E-state index contributed by atoms with van der Waals surface area (Å²) in [5.41, 5.74) is 1.83. The molecular formula is C14H15ClN2O2. The molecule has 0 aliphatic heterocycles. The number of nitrogens with zero attached hydrogens (tertiary/aromatic N) is 2. The largest absolute Gasteiger partial charge is 0.481 e. The van der Waals surface area contributed by atoms with Gasteiger partial charge in [0.15, 0.2) is 0 Å². The molecule has 1 aliphatic carbocycles. The highest BCUT2D eigenvalue weighted by Gasteiger charge is 2.36. The van der Waals surface area contributed by atoms with Crippen molar-refractivity contribution in [3.05, 3.63) is 29.0 Å². The summed E-state index contributed by atoms with van der Waals surface area (Å²) in [7, 11) is 1.93. The molecule has 1 aromatic carbocycles. The molecule has 2 atom stereocenters. The Bertz CT molecular complexity index is 650. The lowest BCUT2D eigenvalue weighted by Crippen LogP contribution is -2.19. The second-order valence-corrected chi connectivity index (χ2v) is 5.58. The Balaban J connectivity index is 2.10. The van der Waals surface area contributed by atoms with Crippen LogP contribution in [-0.2, 0) is 11.8 Å². The van der Waals surface area contributed by atoms with Crippen LogP contribution in [0.2, 0.25) is 5.02 Å². The van der Waals surface area contributed by atoms with Gasteiger partial charge in [0, 0.05) is 18.0 Å². The summed E-state index contributed by atoms with van der Waals surface area (Å²) in [5, 5.41) is 9.97. The second kappa shape index (κ2) is 4.53. The zero-order valence-electron chi connectivity index (χ0n) is 10.6. The number of imidazole rings is 1. The van der Waals surface area contributed by atoms with Gasteiger partial charge in [-0.1, -0.05) is 18.0 Å². The number of carbonyl (C=O) groups is 1. The molecule has 2 unspecified atom stereocenters. The Morgan fingerprint density at radius 2 is 2.26 bits per heavy atom. The van der Waals surface area contributed by atoms with Crippen LogP contribution in [0.1, 0.15) is 31.0 Å². The molecule has 5 heteroatoms. The number of halogens is 1. The van der Waals surface area contributed by atoms with Gasteiger partial charge in [0.05, 0.1) is 17.0 Å². The lowest BCUT2D eigenvalue weighted by atomic mass is 9.95. The lowest BCUT2D eigenvalue weighted by molar-refractivity contribution is -0.142. The SMILES string of the molecule is Cn1c(C2CCCC2C(=O)O)nc2ccc(Cl)cc21. The van der Waals surface area contributed by atoms with E-state index < -0.39 is 5.97 Å². The van der Waals surface area contributed by atoms with Crippen LogP contribution in [0.15, 0.2) is 18.2 Å². The molecule has 0 amide bonds. The predicted molar refractivity (Wildman–Crippen MR) is 73.4 cm³/mol. The molecule has 0 bridgehead atoms. The van der Waals surface area contributed by atoms with E-state index in [1.165, 1.54) is 0 Å². The summed E-state index contributed by atoms with van der Waals surface area (Å²) in [5.74, 6) is -0.158. The average Bonchev–Trinajstić information content (AvgIpc) is 2.95. The van der Waals surface area contributed by atoms with E-state index in [4.69, 9.17) is 11.6 Å². The van der Waals surface area contributed by atoms with Crippen LogP contribution in [0.25, 0.3) is 11.0 Å². The van der Waals surface area contributed by atoms with E-state index in [0.29, 0.717) is 5.02 Å². The zero-order chi connectivity index (χ0) is 13.6. The smallest absolute Gasteiger partial charge is 0.307 e. The molecule has 1 fully saturated rings. The Labute approximate surface area is 116 Å². The van der Waals surface area contributed by atoms with Gasteiger partial charge in [0.2, 0.25) is 0 Å². The minimum Gasteiger partial charge on any atom is -0.481 e. The number of carboxylic acids is 1. The van der Waals surface area contributed by atoms with E-state index in [0.717, 1.165) is 36.1 Å². The van der Waals surface area contributed by atoms with E-state index in [9.17, 15) is 9.90 Å². The third-order valence-corrected chi connectivity index (χ3v) is 4.28. The molecule has 3 rings (SSSR count). The number of fused-ring (bicyclic) bond motifs is 1. The maximum atomic E-state index is 11.3. The summed E-state index contributed by atoms with van der Waals surface area (Å²) in [6.07, 6.45) is 2.58. The van der Waals surface area contributed by atoms with Crippen LogP contribution < -0.4 is 0 Å². The molecular weight excluding hydrogens is 264 g/mol. The Morgan fingerprint density at radius 1 is 1.47 bits per heavy atom. The summed E-state index contributed by atoms with van der Waals surface area (Å²) >= 11 is 6.00. The lowest BCUT2D eigenvalue weighted by Gasteiger charge is -2.15. The summed E-state index contributed by atoms with van der Waals surface area (Å²) < 4.78 is 1.98. The second-order valence-electron chi connectivity index (χ2n) is 5.14. The summed E-state index contributed by atoms with van der Waals surface area (Å²) in [4.78, 5) is 15.9. The van der Waals surface area contributed by atoms with Gasteiger partial charge in [-0.25, -0.2) is 4.98 Å². The quantitative estimate of drug-likeness (QED) is 0.918. The van der Waals surface area contributed by atoms with Crippen LogP contribution in [0.3, 0.4) is 0 Å². The Kier molecular flexibility index (Phi) is 2.97. The molecule has 1 aliphatic rings. The summed E-state index contributed by atoms with van der Waals surface area (Å²) in [6.45, 7) is 0. The predicted octanol–water partition coefficient (Wildman–Crippen LogP) is 3.20. The van der Waals surface area contributed by atoms with Crippen molar-refractivity contribution in [2.75, 3.05) is 0 Å². The van der Waals surface area contributed by atoms with E-state index in [2.05, 4.69) is 4.98 Å². The zero-order valence-corrected chi connectivity index (χ0v) is 11.4. The third-order valence-electron chi connectivity index (χ3n) is 4.04. The highest BCUT2D eigenvalue weighted by Crippen LogP contribution is 2.40. The van der Waals surface area contributed by atoms with Crippen LogP contribution >= 0.6 is 11.6 Å². The molecule has 19 heavy (non-hydrogen) atoms. The number of aryl methyl sites for hydroxylation is 1. The van der Waals surface area contributed by atoms with Gasteiger partial charge in [-0.05, 0) is 31.0 Å². The molecule has 1 N–H and O–H groups in total. The molecule has 0 radical (unpaired) electrons. The van der Waals surface area contributed by atoms with Crippen molar-refractivity contribution in [3.63, 3.8) is 0 Å². The van der Waals surface area contributed by atoms with Crippen molar-refractivity contribution in [1.29, 1.82) is 0 Å². The fourth-order valence-corrected chi connectivity index (χ4v) is 3.24. The number of benzene rings is 1. The number of hydrogen-bond acceptors (Lipinski definition) is 2. The minimum absolute atomic E-state index is 0.00803. The monoisotopic (exact) mass is 278 g/mol. The van der Waals surface area contributed by atoms with Crippen molar-refractivity contribution in [2.45, 2.75) is 25.2 Å². The standard InChI is InChI=1S/C14H15ClN2O2/c1-17-12-7-8(15)5-6-11(12)16-13(17)9-3-2-4-10(9)14(18)19/h5-7,9-10H,2-4H2,1H3,(H,18,19). The van der Waals surface area contributed by atoms with Gasteiger partial charge in [-0.3, -0.25) is 4.79 Å². The minimum atomic E-state index is -0.715. The number of rotatable bonds is 2. The van der Waals surface area contributed by atoms with E-state index in [-0.39, 0.29) is 11.8 Å². The summed E-state index contributed by atoms with van der Waals surface area (Å²) in [6, 6.07) is 5.56. The average molecular weight is 279 g/mol. The van der Waals surface area contributed by atoms with Crippen molar-refractivity contribution >= 4 is 28.6 Å². The fraction of sp³-hybridized carbons (Fsp3) is 0.429. The highest BCUT2D eigenvalue weighted by atomic mass is 35.5. The van der Waals surface area contributed by atoms with Gasteiger partial charge < -0.3 is 9.67 Å². The molecule has 1 heterocycles. The molecule has 0 spiro atoms. The number of aromatic nitrogens is 2. The third kappa shape index (κ3) is 2.00. The van der Waals surface area contributed by atoms with Gasteiger partial charge in [0.1, 0.15) is 5.82 Å². The topological polar surface area (TPSA) is 55.1 Å². The van der Waals surface area contributed by atoms with Gasteiger partial charge >= 0.3 is 5.97 Å². The number of hydrogen-bond donors (Lipinski definition) is 1. The maximum Gasteiger partial charge on any atom is 0.307 e. The van der Waals surface area contributed by atoms with Crippen molar-refractivity contribution in [3.8, 4) is 0 Å². The van der Waals surface area contributed by atoms with Crippen molar-refractivity contribution in [1.82, 2.24) is 9.55 Å². The van der Waals surface area contributed by atoms with Gasteiger partial charge in [-0.15, -0.1) is 0 Å². The number of aliphatic carboxylic acids is 1. The van der Waals surface area contributed by atoms with Gasteiger partial charge in [0.25, 0.3) is 0 Å². The van der Waals surface area contributed by atoms with Crippen molar-refractivity contribution < 1.29 is 9.90 Å². The van der Waals surface area contributed by atoms with Crippen molar-refractivity contribution in [2.24, 2.45) is 13.0 Å². The maximum absolute atomic E-state index is 11.3. The first-order valence-electron chi connectivity index (χ1n) is 6.42. The first-order chi connectivity index (χ1) is 9.08. The molecule has 100 valence electrons. The Hall–Kier alpha value is -1.55. The van der Waals surface area contributed by atoms with Crippen LogP contribution in [0, 0.1) is 5.92 Å². The highest BCUT2D eigenvalue weighted by molar-refractivity contribution is 6.31. The molecule has 2 aromatic rings. The van der Waals surface area contributed by atoms with Crippen LogP contribution in [-0.4, -0.2) is 20.6 Å². The Morgan fingerprint density at radius 3 is 3.00 bits per heavy atom. The molecule has 1 aromatic heterocycles. The normalized spacial score (nSPS) is 23.1. The molecule has 4 nitrogen and oxygen atoms in total. The first kappa shape index (κ1) is 12.5.